The average molecular weight is 187 g/mol. The first-order chi connectivity index (χ1) is 6.13. The fourth-order valence-electron chi connectivity index (χ4n) is 0.944. The number of ether oxygens (including phenoxy) is 1. The Morgan fingerprint density at radius 3 is 2.15 bits per heavy atom. The summed E-state index contributed by atoms with van der Waals surface area (Å²) in [7, 11) is 0. The quantitative estimate of drug-likeness (QED) is 0.718. The van der Waals surface area contributed by atoms with Crippen molar-refractivity contribution in [3.63, 3.8) is 0 Å². The fraction of sp³-hybridized carbons (Fsp3) is 0.900. The van der Waals surface area contributed by atoms with Crippen molar-refractivity contribution in [2.45, 2.75) is 59.1 Å². The van der Waals surface area contributed by atoms with E-state index in [1.807, 2.05) is 27.7 Å². The van der Waals surface area contributed by atoms with Crippen LogP contribution in [0.25, 0.3) is 0 Å². The molecule has 1 N–H and O–H groups in total. The van der Waals surface area contributed by atoms with Gasteiger partial charge in [-0.3, -0.25) is 0 Å². The van der Waals surface area contributed by atoms with Crippen LogP contribution in [0.3, 0.4) is 0 Å². The lowest BCUT2D eigenvalue weighted by Crippen LogP contribution is -2.34. The summed E-state index contributed by atoms with van der Waals surface area (Å²) in [5.74, 6) is 0. The summed E-state index contributed by atoms with van der Waals surface area (Å²) < 4.78 is 5.17. The molecule has 0 radical (unpaired) electrons. The Labute approximate surface area is 80.8 Å². The highest BCUT2D eigenvalue weighted by atomic mass is 16.6. The molecule has 0 fully saturated rings. The molecule has 0 aliphatic rings. The smallest absolute Gasteiger partial charge is 0.407 e. The third-order valence-electron chi connectivity index (χ3n) is 2.16. The minimum Gasteiger partial charge on any atom is -0.446 e. The van der Waals surface area contributed by atoms with Gasteiger partial charge in [0.05, 0.1) is 0 Å². The summed E-state index contributed by atoms with van der Waals surface area (Å²) in [5.41, 5.74) is 0. The van der Waals surface area contributed by atoms with Gasteiger partial charge in [-0.15, -0.1) is 0 Å². The third-order valence-corrected chi connectivity index (χ3v) is 2.16. The standard InChI is InChI=1S/C10H21NO2/c1-5-8(4)11-10(12)13-9(6-2)7-3/h8-9H,5-7H2,1-4H3,(H,11,12). The van der Waals surface area contributed by atoms with Crippen LogP contribution in [0.15, 0.2) is 0 Å². The number of alkyl carbamates (subject to hydrolysis) is 1. The van der Waals surface area contributed by atoms with Crippen molar-refractivity contribution in [1.29, 1.82) is 0 Å². The van der Waals surface area contributed by atoms with Crippen LogP contribution in [-0.2, 0) is 4.74 Å². The van der Waals surface area contributed by atoms with Gasteiger partial charge >= 0.3 is 6.09 Å². The Hall–Kier alpha value is -0.730. The number of amides is 1. The number of carbonyl (C=O) groups excluding carboxylic acids is 1. The van der Waals surface area contributed by atoms with Crippen molar-refractivity contribution in [3.05, 3.63) is 0 Å². The van der Waals surface area contributed by atoms with Crippen molar-refractivity contribution < 1.29 is 9.53 Å². The van der Waals surface area contributed by atoms with E-state index in [2.05, 4.69) is 5.32 Å². The van der Waals surface area contributed by atoms with E-state index in [0.29, 0.717) is 0 Å². The van der Waals surface area contributed by atoms with E-state index in [0.717, 1.165) is 19.3 Å². The highest BCUT2D eigenvalue weighted by Crippen LogP contribution is 2.03. The molecule has 0 saturated carbocycles. The normalized spacial score (nSPS) is 12.7. The molecule has 13 heavy (non-hydrogen) atoms. The Kier molecular flexibility index (Phi) is 6.37. The van der Waals surface area contributed by atoms with Gasteiger partial charge in [0.1, 0.15) is 6.10 Å². The van der Waals surface area contributed by atoms with Crippen LogP contribution in [-0.4, -0.2) is 18.2 Å². The predicted octanol–water partition coefficient (Wildman–Crippen LogP) is 2.70. The van der Waals surface area contributed by atoms with Gasteiger partial charge < -0.3 is 10.1 Å². The zero-order chi connectivity index (χ0) is 10.3. The zero-order valence-electron chi connectivity index (χ0n) is 9.09. The maximum Gasteiger partial charge on any atom is 0.407 e. The minimum atomic E-state index is -0.289. The molecule has 3 nitrogen and oxygen atoms in total. The lowest BCUT2D eigenvalue weighted by Gasteiger charge is -2.17. The molecule has 0 aromatic rings. The van der Waals surface area contributed by atoms with Gasteiger partial charge in [0.25, 0.3) is 0 Å². The van der Waals surface area contributed by atoms with Crippen LogP contribution in [0.4, 0.5) is 4.79 Å². The fourth-order valence-corrected chi connectivity index (χ4v) is 0.944. The molecule has 3 heteroatoms. The Bertz CT molecular complexity index is 144. The van der Waals surface area contributed by atoms with Crippen molar-refractivity contribution in [3.8, 4) is 0 Å². The van der Waals surface area contributed by atoms with Gasteiger partial charge in [-0.25, -0.2) is 4.79 Å². The first kappa shape index (κ1) is 12.3. The molecule has 0 aromatic heterocycles. The molecular formula is C10H21NO2. The van der Waals surface area contributed by atoms with E-state index >= 15 is 0 Å². The van der Waals surface area contributed by atoms with Gasteiger partial charge in [0.15, 0.2) is 0 Å². The van der Waals surface area contributed by atoms with Crippen molar-refractivity contribution in [2.75, 3.05) is 0 Å². The molecule has 1 amide bonds. The van der Waals surface area contributed by atoms with E-state index in [9.17, 15) is 4.79 Å². The van der Waals surface area contributed by atoms with E-state index in [-0.39, 0.29) is 18.2 Å². The molecule has 0 saturated heterocycles. The summed E-state index contributed by atoms with van der Waals surface area (Å²) in [4.78, 5) is 11.2. The Balaban J connectivity index is 3.72. The molecule has 0 aliphatic heterocycles. The van der Waals surface area contributed by atoms with E-state index in [4.69, 9.17) is 4.74 Å². The lowest BCUT2D eigenvalue weighted by atomic mass is 10.2. The summed E-state index contributed by atoms with van der Waals surface area (Å²) in [6, 6.07) is 0.196. The van der Waals surface area contributed by atoms with Gasteiger partial charge in [-0.2, -0.15) is 0 Å². The second-order valence-corrected chi connectivity index (χ2v) is 3.30. The first-order valence-electron chi connectivity index (χ1n) is 5.11. The van der Waals surface area contributed by atoms with Crippen LogP contribution >= 0.6 is 0 Å². The second kappa shape index (κ2) is 6.75. The SMILES string of the molecule is CCC(C)NC(=O)OC(CC)CC. The Morgan fingerprint density at radius 2 is 1.77 bits per heavy atom. The summed E-state index contributed by atoms with van der Waals surface area (Å²) in [6.45, 7) is 8.03. The summed E-state index contributed by atoms with van der Waals surface area (Å²) in [6.07, 6.45) is 2.46. The van der Waals surface area contributed by atoms with Crippen LogP contribution in [0.2, 0.25) is 0 Å². The molecular weight excluding hydrogens is 166 g/mol. The molecule has 0 aromatic carbocycles. The largest absolute Gasteiger partial charge is 0.446 e. The predicted molar refractivity (Wildman–Crippen MR) is 53.7 cm³/mol. The van der Waals surface area contributed by atoms with Crippen molar-refractivity contribution in [2.24, 2.45) is 0 Å². The highest BCUT2D eigenvalue weighted by Gasteiger charge is 2.11. The maximum atomic E-state index is 11.2. The van der Waals surface area contributed by atoms with Crippen molar-refractivity contribution >= 4 is 6.09 Å². The molecule has 0 bridgehead atoms. The second-order valence-electron chi connectivity index (χ2n) is 3.30. The minimum absolute atomic E-state index is 0.0593. The molecule has 0 spiro atoms. The topological polar surface area (TPSA) is 38.3 Å². The molecule has 0 aliphatic carbocycles. The molecule has 1 atom stereocenters. The first-order valence-corrected chi connectivity index (χ1v) is 5.11. The number of hydrogen-bond donors (Lipinski definition) is 1. The van der Waals surface area contributed by atoms with Gasteiger partial charge in [-0.1, -0.05) is 20.8 Å². The number of hydrogen-bond acceptors (Lipinski definition) is 2. The van der Waals surface area contributed by atoms with E-state index in [1.54, 1.807) is 0 Å². The monoisotopic (exact) mass is 187 g/mol. The summed E-state index contributed by atoms with van der Waals surface area (Å²) in [5, 5.41) is 2.77. The number of carbonyl (C=O) groups is 1. The average Bonchev–Trinajstić information content (AvgIpc) is 2.13. The van der Waals surface area contributed by atoms with Crippen LogP contribution in [0, 0.1) is 0 Å². The molecule has 0 rings (SSSR count). The molecule has 1 unspecified atom stereocenters. The highest BCUT2D eigenvalue weighted by molar-refractivity contribution is 5.67. The van der Waals surface area contributed by atoms with Gasteiger partial charge in [0.2, 0.25) is 0 Å². The van der Waals surface area contributed by atoms with E-state index in [1.165, 1.54) is 0 Å². The molecule has 78 valence electrons. The summed E-state index contributed by atoms with van der Waals surface area (Å²) >= 11 is 0. The molecule has 0 heterocycles. The van der Waals surface area contributed by atoms with Gasteiger partial charge in [-0.05, 0) is 26.2 Å². The lowest BCUT2D eigenvalue weighted by molar-refractivity contribution is 0.0904. The van der Waals surface area contributed by atoms with E-state index < -0.39 is 0 Å². The van der Waals surface area contributed by atoms with Crippen LogP contribution in [0.1, 0.15) is 47.0 Å². The Morgan fingerprint density at radius 1 is 1.23 bits per heavy atom. The number of rotatable bonds is 5. The third kappa shape index (κ3) is 5.50. The number of nitrogens with one attached hydrogen (secondary N) is 1. The zero-order valence-corrected chi connectivity index (χ0v) is 9.09. The van der Waals surface area contributed by atoms with Crippen LogP contribution < -0.4 is 5.32 Å². The maximum absolute atomic E-state index is 11.2. The van der Waals surface area contributed by atoms with Crippen LogP contribution in [0.5, 0.6) is 0 Å². The van der Waals surface area contributed by atoms with Crippen molar-refractivity contribution in [1.82, 2.24) is 5.32 Å². The van der Waals surface area contributed by atoms with Gasteiger partial charge in [0, 0.05) is 6.04 Å².